The van der Waals surface area contributed by atoms with Gasteiger partial charge >= 0.3 is 5.97 Å². The van der Waals surface area contributed by atoms with Gasteiger partial charge in [0.25, 0.3) is 0 Å². The second-order valence-corrected chi connectivity index (χ2v) is 7.52. The number of esters is 1. The van der Waals surface area contributed by atoms with Gasteiger partial charge in [-0.2, -0.15) is 0 Å². The first kappa shape index (κ1) is 22.7. The highest BCUT2D eigenvalue weighted by molar-refractivity contribution is 5.69. The fourth-order valence-electron chi connectivity index (χ4n) is 3.30. The Morgan fingerprint density at radius 3 is 2.35 bits per heavy atom. The Morgan fingerprint density at radius 1 is 0.962 bits per heavy atom. The van der Waals surface area contributed by atoms with Crippen LogP contribution in [0, 0.1) is 11.8 Å². The number of carbonyl (C=O) groups is 1. The van der Waals surface area contributed by atoms with Crippen LogP contribution in [0.4, 0.5) is 0 Å². The van der Waals surface area contributed by atoms with E-state index in [0.717, 1.165) is 31.1 Å². The highest BCUT2D eigenvalue weighted by atomic mass is 16.5. The summed E-state index contributed by atoms with van der Waals surface area (Å²) in [7, 11) is 1.45. The Labute approximate surface area is 161 Å². The Morgan fingerprint density at radius 2 is 1.65 bits per heavy atom. The molecule has 0 saturated heterocycles. The van der Waals surface area contributed by atoms with Gasteiger partial charge in [0.2, 0.25) is 0 Å². The molecule has 26 heavy (non-hydrogen) atoms. The molecule has 2 heteroatoms. The predicted octanol–water partition coefficient (Wildman–Crippen LogP) is 7.17. The molecule has 1 aliphatic carbocycles. The van der Waals surface area contributed by atoms with Gasteiger partial charge in [0.15, 0.2) is 0 Å². The van der Waals surface area contributed by atoms with E-state index in [1.54, 1.807) is 0 Å². The summed E-state index contributed by atoms with van der Waals surface area (Å²) in [5.74, 6) is 1.79. The van der Waals surface area contributed by atoms with Crippen LogP contribution in [0.1, 0.15) is 90.4 Å². The molecule has 2 nitrogen and oxygen atoms in total. The summed E-state index contributed by atoms with van der Waals surface area (Å²) in [5, 5.41) is 0. The van der Waals surface area contributed by atoms with Gasteiger partial charge in [0.05, 0.1) is 7.11 Å². The van der Waals surface area contributed by atoms with Crippen LogP contribution in [0.2, 0.25) is 0 Å². The maximum Gasteiger partial charge on any atom is 0.305 e. The van der Waals surface area contributed by atoms with Crippen LogP contribution in [0.3, 0.4) is 0 Å². The van der Waals surface area contributed by atoms with Gasteiger partial charge < -0.3 is 4.74 Å². The normalized spacial score (nSPS) is 16.1. The number of hydrogen-bond donors (Lipinski definition) is 0. The van der Waals surface area contributed by atoms with Crippen molar-refractivity contribution < 1.29 is 9.53 Å². The Bertz CT molecular complexity index is 429. The van der Waals surface area contributed by atoms with Crippen molar-refractivity contribution in [3.63, 3.8) is 0 Å². The van der Waals surface area contributed by atoms with Crippen molar-refractivity contribution in [3.8, 4) is 0 Å². The lowest BCUT2D eigenvalue weighted by Crippen LogP contribution is -2.01. The number of unbranched alkanes of at least 4 members (excludes halogenated alkanes) is 4. The molecule has 1 unspecified atom stereocenters. The lowest BCUT2D eigenvalue weighted by molar-refractivity contribution is -0.140. The number of rotatable bonds is 16. The lowest BCUT2D eigenvalue weighted by Gasteiger charge is -2.12. The van der Waals surface area contributed by atoms with E-state index in [0.29, 0.717) is 6.42 Å². The van der Waals surface area contributed by atoms with E-state index in [9.17, 15) is 4.79 Å². The number of carbonyl (C=O) groups excluding carboxylic acids is 1. The minimum absolute atomic E-state index is 0.112. The van der Waals surface area contributed by atoms with Gasteiger partial charge in [-0.1, -0.05) is 56.2 Å². The molecule has 0 N–H and O–H groups in total. The molecule has 0 aromatic carbocycles. The molecule has 0 amide bonds. The summed E-state index contributed by atoms with van der Waals surface area (Å²) in [6.45, 7) is 2.27. The zero-order valence-electron chi connectivity index (χ0n) is 17.1. The van der Waals surface area contributed by atoms with Crippen molar-refractivity contribution in [2.45, 2.75) is 90.4 Å². The van der Waals surface area contributed by atoms with Gasteiger partial charge in [-0.05, 0) is 76.0 Å². The zero-order valence-corrected chi connectivity index (χ0v) is 17.1. The van der Waals surface area contributed by atoms with E-state index in [1.807, 2.05) is 0 Å². The quantitative estimate of drug-likeness (QED) is 0.166. The van der Waals surface area contributed by atoms with Crippen LogP contribution >= 0.6 is 0 Å². The molecule has 0 aromatic rings. The summed E-state index contributed by atoms with van der Waals surface area (Å²) >= 11 is 0. The standard InChI is InChI=1S/C24H40O2/c1-3-4-5-6-11-14-17-22(23-20-21-23)18-15-12-9-7-8-10-13-16-19-24(25)26-2/h8-12,14,22-23H,3-7,13,15-21H2,1-2H3/b10-8-,12-9-,14-11-. The molecule has 1 atom stereocenters. The number of hydrogen-bond acceptors (Lipinski definition) is 2. The first-order valence-electron chi connectivity index (χ1n) is 10.8. The molecule has 0 radical (unpaired) electrons. The third kappa shape index (κ3) is 13.0. The highest BCUT2D eigenvalue weighted by Crippen LogP contribution is 2.41. The van der Waals surface area contributed by atoms with E-state index >= 15 is 0 Å². The van der Waals surface area contributed by atoms with Crippen LogP contribution in [-0.2, 0) is 9.53 Å². The number of ether oxygens (including phenoxy) is 1. The van der Waals surface area contributed by atoms with Crippen LogP contribution in [0.15, 0.2) is 36.5 Å². The average Bonchev–Trinajstić information content (AvgIpc) is 3.49. The van der Waals surface area contributed by atoms with Crippen molar-refractivity contribution in [1.29, 1.82) is 0 Å². The van der Waals surface area contributed by atoms with E-state index in [1.165, 1.54) is 64.9 Å². The molecule has 1 aliphatic rings. The molecule has 1 fully saturated rings. The minimum atomic E-state index is -0.112. The smallest absolute Gasteiger partial charge is 0.305 e. The Kier molecular flexibility index (Phi) is 13.9. The summed E-state index contributed by atoms with van der Waals surface area (Å²) in [5.41, 5.74) is 0. The van der Waals surface area contributed by atoms with Crippen LogP contribution in [-0.4, -0.2) is 13.1 Å². The molecule has 0 spiro atoms. The van der Waals surface area contributed by atoms with Crippen molar-refractivity contribution in [3.05, 3.63) is 36.5 Å². The van der Waals surface area contributed by atoms with Gasteiger partial charge in [0.1, 0.15) is 0 Å². The summed E-state index contributed by atoms with van der Waals surface area (Å²) in [4.78, 5) is 11.0. The number of methoxy groups -OCH3 is 1. The third-order valence-corrected chi connectivity index (χ3v) is 5.16. The molecule has 0 aromatic heterocycles. The molecular formula is C24H40O2. The maximum absolute atomic E-state index is 11.0. The average molecular weight is 361 g/mol. The minimum Gasteiger partial charge on any atom is -0.469 e. The van der Waals surface area contributed by atoms with Crippen molar-refractivity contribution in [2.24, 2.45) is 11.8 Å². The van der Waals surface area contributed by atoms with Crippen LogP contribution < -0.4 is 0 Å². The van der Waals surface area contributed by atoms with E-state index in [4.69, 9.17) is 0 Å². The van der Waals surface area contributed by atoms with Gasteiger partial charge in [0, 0.05) is 6.42 Å². The summed E-state index contributed by atoms with van der Waals surface area (Å²) < 4.78 is 4.63. The van der Waals surface area contributed by atoms with Gasteiger partial charge in [-0.15, -0.1) is 0 Å². The maximum atomic E-state index is 11.0. The monoisotopic (exact) mass is 360 g/mol. The van der Waals surface area contributed by atoms with E-state index in [-0.39, 0.29) is 5.97 Å². The fraction of sp³-hybridized carbons (Fsp3) is 0.708. The predicted molar refractivity (Wildman–Crippen MR) is 112 cm³/mol. The highest BCUT2D eigenvalue weighted by Gasteiger charge is 2.29. The van der Waals surface area contributed by atoms with Crippen molar-refractivity contribution in [2.75, 3.05) is 7.11 Å². The molecule has 148 valence electrons. The molecule has 0 heterocycles. The van der Waals surface area contributed by atoms with Crippen molar-refractivity contribution >= 4 is 5.97 Å². The number of allylic oxidation sites excluding steroid dienone is 6. The fourth-order valence-corrected chi connectivity index (χ4v) is 3.30. The SMILES string of the molecule is CCCCC/C=C\CC(CC/C=C\C/C=C\CCCC(=O)OC)C1CC1. The summed E-state index contributed by atoms with van der Waals surface area (Å²) in [6.07, 6.45) is 29.2. The van der Waals surface area contributed by atoms with Crippen LogP contribution in [0.5, 0.6) is 0 Å². The Balaban J connectivity index is 2.05. The van der Waals surface area contributed by atoms with E-state index < -0.39 is 0 Å². The second-order valence-electron chi connectivity index (χ2n) is 7.52. The molecule has 1 saturated carbocycles. The topological polar surface area (TPSA) is 26.3 Å². The summed E-state index contributed by atoms with van der Waals surface area (Å²) in [6, 6.07) is 0. The van der Waals surface area contributed by atoms with Crippen molar-refractivity contribution in [1.82, 2.24) is 0 Å². The van der Waals surface area contributed by atoms with E-state index in [2.05, 4.69) is 48.1 Å². The third-order valence-electron chi connectivity index (χ3n) is 5.16. The Hall–Kier alpha value is -1.31. The largest absolute Gasteiger partial charge is 0.469 e. The first-order valence-corrected chi connectivity index (χ1v) is 10.8. The molecular weight excluding hydrogens is 320 g/mol. The second kappa shape index (κ2) is 15.9. The first-order chi connectivity index (χ1) is 12.8. The van der Waals surface area contributed by atoms with Crippen LogP contribution in [0.25, 0.3) is 0 Å². The zero-order chi connectivity index (χ0) is 18.9. The van der Waals surface area contributed by atoms with Gasteiger partial charge in [-0.25, -0.2) is 0 Å². The van der Waals surface area contributed by atoms with Gasteiger partial charge in [-0.3, -0.25) is 4.79 Å². The molecule has 0 bridgehead atoms. The lowest BCUT2D eigenvalue weighted by atomic mass is 9.93. The molecule has 0 aliphatic heterocycles. The molecule has 1 rings (SSSR count).